The van der Waals surface area contributed by atoms with Crippen molar-refractivity contribution in [3.05, 3.63) is 33.9 Å². The Morgan fingerprint density at radius 1 is 1.45 bits per heavy atom. The summed E-state index contributed by atoms with van der Waals surface area (Å²) in [6, 6.07) is 2.70. The molecule has 1 aliphatic heterocycles. The molecule has 8 heteroatoms. The van der Waals surface area contributed by atoms with Crippen molar-refractivity contribution in [3.8, 4) is 0 Å². The largest absolute Gasteiger partial charge is 0.418 e. The number of non-ortho nitro benzene ring substituents is 1. The predicted molar refractivity (Wildman–Crippen MR) is 65.5 cm³/mol. The van der Waals surface area contributed by atoms with Gasteiger partial charge in [0, 0.05) is 36.9 Å². The standard InChI is InChI=1S/C12H13F3N2O3/c13-12(14,15)10-5-9(17(18)19)1-2-11(10)16-6-8-3-4-20-7-8/h1-2,5,8,16H,3-4,6-7H2. The second kappa shape index (κ2) is 5.66. The summed E-state index contributed by atoms with van der Waals surface area (Å²) in [7, 11) is 0. The van der Waals surface area contributed by atoms with E-state index in [9.17, 15) is 23.3 Å². The van der Waals surface area contributed by atoms with Crippen LogP contribution in [-0.4, -0.2) is 24.7 Å². The highest BCUT2D eigenvalue weighted by Crippen LogP contribution is 2.37. The Kier molecular flexibility index (Phi) is 4.12. The molecule has 0 aliphatic carbocycles. The quantitative estimate of drug-likeness (QED) is 0.683. The van der Waals surface area contributed by atoms with E-state index >= 15 is 0 Å². The maximum atomic E-state index is 12.9. The van der Waals surface area contributed by atoms with Gasteiger partial charge in [-0.05, 0) is 12.5 Å². The molecule has 1 N–H and O–H groups in total. The third kappa shape index (κ3) is 3.38. The van der Waals surface area contributed by atoms with Gasteiger partial charge in [0.25, 0.3) is 5.69 Å². The Morgan fingerprint density at radius 3 is 2.75 bits per heavy atom. The third-order valence-corrected chi connectivity index (χ3v) is 3.12. The summed E-state index contributed by atoms with van der Waals surface area (Å²) < 4.78 is 43.9. The first kappa shape index (κ1) is 14.6. The lowest BCUT2D eigenvalue weighted by Gasteiger charge is -2.16. The van der Waals surface area contributed by atoms with E-state index in [1.54, 1.807) is 0 Å². The fourth-order valence-electron chi connectivity index (χ4n) is 2.03. The molecule has 1 fully saturated rings. The number of hydrogen-bond acceptors (Lipinski definition) is 4. The van der Waals surface area contributed by atoms with Crippen LogP contribution in [0.2, 0.25) is 0 Å². The van der Waals surface area contributed by atoms with Gasteiger partial charge in [-0.3, -0.25) is 10.1 Å². The van der Waals surface area contributed by atoms with Crippen molar-refractivity contribution in [2.45, 2.75) is 12.6 Å². The molecule has 5 nitrogen and oxygen atoms in total. The van der Waals surface area contributed by atoms with E-state index in [1.165, 1.54) is 0 Å². The molecule has 0 amide bonds. The number of alkyl halides is 3. The van der Waals surface area contributed by atoms with E-state index < -0.39 is 22.4 Å². The third-order valence-electron chi connectivity index (χ3n) is 3.12. The number of nitro groups is 1. The molecule has 0 bridgehead atoms. The van der Waals surface area contributed by atoms with Crippen LogP contribution in [0.5, 0.6) is 0 Å². The molecule has 0 spiro atoms. The highest BCUT2D eigenvalue weighted by atomic mass is 19.4. The van der Waals surface area contributed by atoms with Crippen molar-refractivity contribution in [1.29, 1.82) is 0 Å². The number of ether oxygens (including phenoxy) is 1. The van der Waals surface area contributed by atoms with E-state index in [-0.39, 0.29) is 11.6 Å². The van der Waals surface area contributed by atoms with Gasteiger partial charge in [-0.25, -0.2) is 0 Å². The summed E-state index contributed by atoms with van der Waals surface area (Å²) in [6.07, 6.45) is -3.85. The summed E-state index contributed by atoms with van der Waals surface area (Å²) in [6.45, 7) is 1.47. The first-order valence-corrected chi connectivity index (χ1v) is 6.05. The molecule has 0 saturated carbocycles. The molecule has 1 saturated heterocycles. The molecule has 1 aliphatic rings. The number of halogens is 3. The van der Waals surface area contributed by atoms with Gasteiger partial charge >= 0.3 is 6.18 Å². The number of nitro benzene ring substituents is 1. The number of benzene rings is 1. The molecule has 1 aromatic carbocycles. The van der Waals surface area contributed by atoms with E-state index in [2.05, 4.69) is 5.32 Å². The van der Waals surface area contributed by atoms with E-state index in [4.69, 9.17) is 4.74 Å². The lowest BCUT2D eigenvalue weighted by molar-refractivity contribution is -0.385. The number of hydrogen-bond donors (Lipinski definition) is 1. The van der Waals surface area contributed by atoms with Crippen molar-refractivity contribution in [2.75, 3.05) is 25.1 Å². The zero-order valence-corrected chi connectivity index (χ0v) is 10.4. The van der Waals surface area contributed by atoms with E-state index in [0.717, 1.165) is 18.6 Å². The van der Waals surface area contributed by atoms with Crippen molar-refractivity contribution < 1.29 is 22.8 Å². The number of anilines is 1. The number of rotatable bonds is 4. The predicted octanol–water partition coefficient (Wildman–Crippen LogP) is 3.06. The summed E-state index contributed by atoms with van der Waals surface area (Å²) in [4.78, 5) is 9.72. The second-order valence-electron chi connectivity index (χ2n) is 4.60. The van der Waals surface area contributed by atoms with Crippen LogP contribution in [0.1, 0.15) is 12.0 Å². The van der Waals surface area contributed by atoms with Gasteiger partial charge in [0.1, 0.15) is 0 Å². The minimum Gasteiger partial charge on any atom is -0.384 e. The van der Waals surface area contributed by atoms with Crippen LogP contribution in [-0.2, 0) is 10.9 Å². The summed E-state index contributed by atoms with van der Waals surface area (Å²) >= 11 is 0. The molecule has 0 radical (unpaired) electrons. The maximum Gasteiger partial charge on any atom is 0.418 e. The van der Waals surface area contributed by atoms with E-state index in [0.29, 0.717) is 25.8 Å². The van der Waals surface area contributed by atoms with Crippen LogP contribution in [0.4, 0.5) is 24.5 Å². The van der Waals surface area contributed by atoms with Crippen molar-refractivity contribution in [3.63, 3.8) is 0 Å². The van der Waals surface area contributed by atoms with Crippen LogP contribution in [0, 0.1) is 16.0 Å². The van der Waals surface area contributed by atoms with Gasteiger partial charge in [0.05, 0.1) is 17.1 Å². The minimum absolute atomic E-state index is 0.144. The monoisotopic (exact) mass is 290 g/mol. The molecule has 0 aromatic heterocycles. The lowest BCUT2D eigenvalue weighted by Crippen LogP contribution is -2.17. The zero-order valence-electron chi connectivity index (χ0n) is 10.4. The molecular weight excluding hydrogens is 277 g/mol. The molecule has 1 heterocycles. The molecule has 1 unspecified atom stereocenters. The highest BCUT2D eigenvalue weighted by Gasteiger charge is 2.35. The van der Waals surface area contributed by atoms with Gasteiger partial charge in [-0.2, -0.15) is 13.2 Å². The lowest BCUT2D eigenvalue weighted by atomic mass is 10.1. The first-order chi connectivity index (χ1) is 9.38. The fourth-order valence-corrected chi connectivity index (χ4v) is 2.03. The minimum atomic E-state index is -4.64. The normalized spacial score (nSPS) is 19.1. The Morgan fingerprint density at radius 2 is 2.20 bits per heavy atom. The average Bonchev–Trinajstić information content (AvgIpc) is 2.88. The first-order valence-electron chi connectivity index (χ1n) is 6.05. The molecule has 1 aromatic rings. The van der Waals surface area contributed by atoms with Gasteiger partial charge in [-0.1, -0.05) is 0 Å². The van der Waals surface area contributed by atoms with Crippen LogP contribution in [0.25, 0.3) is 0 Å². The summed E-state index contributed by atoms with van der Waals surface area (Å²) in [5.74, 6) is 0.159. The van der Waals surface area contributed by atoms with E-state index in [1.807, 2.05) is 0 Å². The van der Waals surface area contributed by atoms with Crippen LogP contribution in [0.15, 0.2) is 18.2 Å². The number of nitrogens with zero attached hydrogens (tertiary/aromatic N) is 1. The van der Waals surface area contributed by atoms with Crippen LogP contribution < -0.4 is 5.32 Å². The van der Waals surface area contributed by atoms with Crippen molar-refractivity contribution in [2.24, 2.45) is 5.92 Å². The van der Waals surface area contributed by atoms with Crippen molar-refractivity contribution in [1.82, 2.24) is 0 Å². The van der Waals surface area contributed by atoms with Crippen LogP contribution in [0.3, 0.4) is 0 Å². The van der Waals surface area contributed by atoms with Crippen molar-refractivity contribution >= 4 is 11.4 Å². The molecule has 2 rings (SSSR count). The van der Waals surface area contributed by atoms with Gasteiger partial charge in [0.2, 0.25) is 0 Å². The molecule has 1 atom stereocenters. The second-order valence-corrected chi connectivity index (χ2v) is 4.60. The summed E-state index contributed by atoms with van der Waals surface area (Å²) in [5.41, 5.74) is -1.74. The Balaban J connectivity index is 2.19. The highest BCUT2D eigenvalue weighted by molar-refractivity contribution is 5.57. The Labute approximate surface area is 112 Å². The molecule has 110 valence electrons. The molecule has 20 heavy (non-hydrogen) atoms. The SMILES string of the molecule is O=[N+]([O-])c1ccc(NCC2CCOC2)c(C(F)(F)F)c1. The molecular formula is C12H13F3N2O3. The van der Waals surface area contributed by atoms with Gasteiger partial charge in [-0.15, -0.1) is 0 Å². The smallest absolute Gasteiger partial charge is 0.384 e. The maximum absolute atomic E-state index is 12.9. The number of nitrogens with one attached hydrogen (secondary N) is 1. The van der Waals surface area contributed by atoms with Gasteiger partial charge in [0.15, 0.2) is 0 Å². The fraction of sp³-hybridized carbons (Fsp3) is 0.500. The topological polar surface area (TPSA) is 64.4 Å². The Bertz CT molecular complexity index is 499. The Hall–Kier alpha value is -1.83. The summed E-state index contributed by atoms with van der Waals surface area (Å²) in [5, 5.41) is 13.3. The zero-order chi connectivity index (χ0) is 14.8. The average molecular weight is 290 g/mol. The van der Waals surface area contributed by atoms with Crippen LogP contribution >= 0.6 is 0 Å². The van der Waals surface area contributed by atoms with Gasteiger partial charge < -0.3 is 10.1 Å².